The van der Waals surface area contributed by atoms with Gasteiger partial charge >= 0.3 is 0 Å². The van der Waals surface area contributed by atoms with Crippen LogP contribution in [0.15, 0.2) is 59.4 Å². The molecule has 0 saturated carbocycles. The van der Waals surface area contributed by atoms with Crippen molar-refractivity contribution in [3.8, 4) is 0 Å². The molecule has 146 valence electrons. The Morgan fingerprint density at radius 3 is 2.67 bits per heavy atom. The van der Waals surface area contributed by atoms with Gasteiger partial charge in [-0.25, -0.2) is 0 Å². The van der Waals surface area contributed by atoms with Crippen molar-refractivity contribution < 1.29 is 0 Å². The third kappa shape index (κ3) is 5.40. The van der Waals surface area contributed by atoms with Gasteiger partial charge in [-0.3, -0.25) is 9.52 Å². The molecule has 2 aromatic rings. The van der Waals surface area contributed by atoms with Gasteiger partial charge in [-0.1, -0.05) is 37.6 Å². The highest BCUT2D eigenvalue weighted by atomic mass is 32.2. The zero-order valence-corrected chi connectivity index (χ0v) is 17.6. The van der Waals surface area contributed by atoms with Crippen LogP contribution in [-0.2, 0) is 7.05 Å². The molecule has 1 aromatic heterocycles. The Balaban J connectivity index is 2.53. The lowest BCUT2D eigenvalue weighted by molar-refractivity contribution is 0.733. The van der Waals surface area contributed by atoms with Gasteiger partial charge < -0.3 is 15.6 Å². The highest BCUT2D eigenvalue weighted by molar-refractivity contribution is 7.98. The molecule has 0 aliphatic carbocycles. The molecule has 1 atom stereocenters. The van der Waals surface area contributed by atoms with E-state index < -0.39 is 0 Å². The maximum Gasteiger partial charge on any atom is 0.258 e. The summed E-state index contributed by atoms with van der Waals surface area (Å²) in [6.45, 7) is 12.4. The maximum absolute atomic E-state index is 12.5. The van der Waals surface area contributed by atoms with Crippen molar-refractivity contribution in [1.29, 1.82) is 0 Å². The molecule has 6 heteroatoms. The second-order valence-electron chi connectivity index (χ2n) is 7.55. The van der Waals surface area contributed by atoms with Crippen molar-refractivity contribution in [3.05, 3.63) is 70.6 Å². The number of allylic oxidation sites excluding steroid dienone is 1. The van der Waals surface area contributed by atoms with E-state index in [0.717, 1.165) is 23.1 Å². The molecular weight excluding hydrogens is 356 g/mol. The number of nitrogens with one attached hydrogen (secondary N) is 2. The number of nitrogens with two attached hydrogens (primary N) is 1. The van der Waals surface area contributed by atoms with E-state index >= 15 is 0 Å². The van der Waals surface area contributed by atoms with Gasteiger partial charge in [-0.2, -0.15) is 0 Å². The number of aryl methyl sites for hydroxylation is 1. The van der Waals surface area contributed by atoms with Crippen molar-refractivity contribution >= 4 is 22.7 Å². The van der Waals surface area contributed by atoms with E-state index in [0.29, 0.717) is 11.1 Å². The highest BCUT2D eigenvalue weighted by Crippen LogP contribution is 2.30. The molecule has 1 heterocycles. The summed E-state index contributed by atoms with van der Waals surface area (Å²) in [5.74, 6) is 0. The Morgan fingerprint density at radius 1 is 1.33 bits per heavy atom. The largest absolute Gasteiger partial charge is 0.399 e. The first-order chi connectivity index (χ1) is 12.6. The zero-order valence-electron chi connectivity index (χ0n) is 16.8. The van der Waals surface area contributed by atoms with E-state index in [9.17, 15) is 4.79 Å². The summed E-state index contributed by atoms with van der Waals surface area (Å²) < 4.78 is 5.09. The summed E-state index contributed by atoms with van der Waals surface area (Å²) >= 11 is 1.62. The van der Waals surface area contributed by atoms with Gasteiger partial charge in [-0.15, -0.1) is 0 Å². The lowest BCUT2D eigenvalue weighted by Crippen LogP contribution is -2.28. The Hall–Kier alpha value is -2.18. The molecule has 0 saturated heterocycles. The predicted molar refractivity (Wildman–Crippen MR) is 117 cm³/mol. The van der Waals surface area contributed by atoms with Crippen LogP contribution < -0.4 is 21.3 Å². The summed E-state index contributed by atoms with van der Waals surface area (Å²) in [5, 5.41) is 4.74. The van der Waals surface area contributed by atoms with Crippen molar-refractivity contribution in [2.75, 3.05) is 0 Å². The molecule has 4 N–H and O–H groups in total. The van der Waals surface area contributed by atoms with Crippen molar-refractivity contribution in [1.82, 2.24) is 14.6 Å². The monoisotopic (exact) mass is 386 g/mol. The quantitative estimate of drug-likeness (QED) is 0.629. The summed E-state index contributed by atoms with van der Waals surface area (Å²) in [5.41, 5.74) is 8.92. The first-order valence-corrected chi connectivity index (χ1v) is 9.87. The fourth-order valence-electron chi connectivity index (χ4n) is 2.57. The van der Waals surface area contributed by atoms with Gasteiger partial charge in [0.15, 0.2) is 0 Å². The minimum atomic E-state index is -0.248. The van der Waals surface area contributed by atoms with E-state index in [-0.39, 0.29) is 16.3 Å². The Bertz CT molecular complexity index is 909. The maximum atomic E-state index is 12.5. The number of fused-ring (bicyclic) bond motifs is 1. The smallest absolute Gasteiger partial charge is 0.258 e. The predicted octanol–water partition coefficient (Wildman–Crippen LogP) is 3.93. The topological polar surface area (TPSA) is 72.1 Å². The highest BCUT2D eigenvalue weighted by Gasteiger charge is 2.21. The second kappa shape index (κ2) is 8.67. The minimum Gasteiger partial charge on any atom is -0.399 e. The molecule has 5 nitrogen and oxygen atoms in total. The van der Waals surface area contributed by atoms with Crippen LogP contribution in [0, 0.1) is 0 Å². The average Bonchev–Trinajstić information content (AvgIpc) is 2.62. The normalized spacial score (nSPS) is 13.6. The van der Waals surface area contributed by atoms with Gasteiger partial charge in [0.2, 0.25) is 0 Å². The van der Waals surface area contributed by atoms with Crippen LogP contribution in [0.4, 0.5) is 0 Å². The van der Waals surface area contributed by atoms with Crippen molar-refractivity contribution in [3.63, 3.8) is 0 Å². The number of rotatable bonds is 7. The van der Waals surface area contributed by atoms with Gasteiger partial charge in [-0.05, 0) is 50.3 Å². The molecule has 27 heavy (non-hydrogen) atoms. The first-order valence-electron chi connectivity index (χ1n) is 9.05. The number of nitrogens with zero attached hydrogens (tertiary/aromatic N) is 1. The molecule has 0 aliphatic heterocycles. The molecule has 0 aliphatic rings. The molecular formula is C21H30N4OS. The third-order valence-electron chi connectivity index (χ3n) is 4.15. The lowest BCUT2D eigenvalue weighted by atomic mass is 9.98. The van der Waals surface area contributed by atoms with Gasteiger partial charge in [0.1, 0.15) is 0 Å². The Kier molecular flexibility index (Phi) is 6.78. The van der Waals surface area contributed by atoms with Crippen LogP contribution in [-0.4, -0.2) is 9.31 Å². The van der Waals surface area contributed by atoms with E-state index in [4.69, 9.17) is 5.73 Å². The average molecular weight is 387 g/mol. The van der Waals surface area contributed by atoms with Crippen LogP contribution in [0.2, 0.25) is 0 Å². The number of hydrogen-bond acceptors (Lipinski definition) is 5. The second-order valence-corrected chi connectivity index (χ2v) is 9.22. The van der Waals surface area contributed by atoms with Crippen LogP contribution in [0.25, 0.3) is 10.8 Å². The molecule has 0 amide bonds. The molecule has 1 unspecified atom stereocenters. The van der Waals surface area contributed by atoms with Crippen molar-refractivity contribution in [2.45, 2.75) is 44.9 Å². The fraction of sp³-hybridized carbons (Fsp3) is 0.381. The molecule has 0 radical (unpaired) electrons. The number of pyridine rings is 1. The van der Waals surface area contributed by atoms with E-state index in [1.54, 1.807) is 36.0 Å². The lowest BCUT2D eigenvalue weighted by Gasteiger charge is -2.26. The van der Waals surface area contributed by atoms with Crippen LogP contribution in [0.5, 0.6) is 0 Å². The zero-order chi connectivity index (χ0) is 20.2. The standard InChI is InChI=1S/C21H30N4OS/c1-7-14(2)23-13-18(22)19(24-27-21(3,4)5)16-9-8-10-17-15(16)11-12-25(6)20(17)26/h8-13,19,23-24H,2,7,22H2,1,3-6H3/b18-13-. The van der Waals surface area contributed by atoms with E-state index in [2.05, 4.69) is 37.4 Å². The van der Waals surface area contributed by atoms with E-state index in [1.165, 1.54) is 0 Å². The van der Waals surface area contributed by atoms with Crippen LogP contribution in [0.1, 0.15) is 45.7 Å². The number of hydrogen-bond donors (Lipinski definition) is 3. The molecule has 2 rings (SSSR count). The Morgan fingerprint density at radius 2 is 2.04 bits per heavy atom. The summed E-state index contributed by atoms with van der Waals surface area (Å²) in [4.78, 5) is 12.5. The number of aromatic nitrogens is 1. The fourth-order valence-corrected chi connectivity index (χ4v) is 3.30. The van der Waals surface area contributed by atoms with Gasteiger partial charge in [0.05, 0.1) is 6.04 Å². The van der Waals surface area contributed by atoms with Crippen LogP contribution >= 0.6 is 11.9 Å². The van der Waals surface area contributed by atoms with E-state index in [1.807, 2.05) is 31.2 Å². The summed E-state index contributed by atoms with van der Waals surface area (Å²) in [7, 11) is 1.76. The Labute approximate surface area is 165 Å². The van der Waals surface area contributed by atoms with Crippen LogP contribution in [0.3, 0.4) is 0 Å². The molecule has 0 spiro atoms. The third-order valence-corrected chi connectivity index (χ3v) is 5.12. The SMILES string of the molecule is C=C(CC)N/C=C(\N)C(NSC(C)(C)C)c1cccc2c(=O)n(C)ccc12. The molecule has 1 aromatic carbocycles. The molecule has 0 bridgehead atoms. The van der Waals surface area contributed by atoms with Gasteiger partial charge in [0.25, 0.3) is 5.56 Å². The van der Waals surface area contributed by atoms with Crippen molar-refractivity contribution in [2.24, 2.45) is 12.8 Å². The minimum absolute atomic E-state index is 0.0136. The first kappa shape index (κ1) is 21.1. The summed E-state index contributed by atoms with van der Waals surface area (Å²) in [6.07, 6.45) is 4.40. The summed E-state index contributed by atoms with van der Waals surface area (Å²) in [6, 6.07) is 7.49. The van der Waals surface area contributed by atoms with Gasteiger partial charge in [0, 0.05) is 41.0 Å². The number of benzene rings is 1. The molecule has 0 fully saturated rings.